The molecule has 0 fully saturated rings. The lowest BCUT2D eigenvalue weighted by molar-refractivity contribution is 0.618. The minimum absolute atomic E-state index is 0.254. The van der Waals surface area contributed by atoms with Gasteiger partial charge < -0.3 is 11.1 Å². The Morgan fingerprint density at radius 3 is 2.66 bits per heavy atom. The maximum Gasteiger partial charge on any atom is 0.128 e. The van der Waals surface area contributed by atoms with E-state index >= 15 is 0 Å². The quantitative estimate of drug-likeness (QED) is 0.488. The van der Waals surface area contributed by atoms with Gasteiger partial charge in [0.1, 0.15) is 17.5 Å². The Hall–Kier alpha value is -3.93. The zero-order valence-corrected chi connectivity index (χ0v) is 15.8. The summed E-state index contributed by atoms with van der Waals surface area (Å²) in [5, 5.41) is 4.21. The van der Waals surface area contributed by atoms with Crippen molar-refractivity contribution in [1.82, 2.24) is 9.97 Å². The van der Waals surface area contributed by atoms with Crippen LogP contribution in [0.2, 0.25) is 0 Å². The molecule has 0 amide bonds. The Balaban J connectivity index is 1.75. The molecular formula is C23H18FN5. The van der Waals surface area contributed by atoms with Crippen molar-refractivity contribution < 1.29 is 4.39 Å². The van der Waals surface area contributed by atoms with Crippen LogP contribution in [0.4, 0.5) is 27.3 Å². The number of anilines is 4. The predicted molar refractivity (Wildman–Crippen MR) is 115 cm³/mol. The predicted octanol–water partition coefficient (Wildman–Crippen LogP) is 5.36. The monoisotopic (exact) mass is 383 g/mol. The Morgan fingerprint density at radius 2 is 1.86 bits per heavy atom. The van der Waals surface area contributed by atoms with Crippen LogP contribution in [-0.2, 0) is 0 Å². The van der Waals surface area contributed by atoms with Crippen molar-refractivity contribution in [2.24, 2.45) is 0 Å². The summed E-state index contributed by atoms with van der Waals surface area (Å²) in [6.07, 6.45) is 3.53. The minimum Gasteiger partial charge on any atom is -0.384 e. The van der Waals surface area contributed by atoms with Crippen LogP contribution in [0, 0.1) is 12.7 Å². The van der Waals surface area contributed by atoms with Gasteiger partial charge in [-0.2, -0.15) is 0 Å². The Kier molecular flexibility index (Phi) is 3.74. The molecule has 0 spiro atoms. The molecule has 2 aromatic heterocycles. The largest absolute Gasteiger partial charge is 0.384 e. The van der Waals surface area contributed by atoms with E-state index < -0.39 is 0 Å². The van der Waals surface area contributed by atoms with Gasteiger partial charge in [-0.25, -0.2) is 9.37 Å². The summed E-state index contributed by atoms with van der Waals surface area (Å²) < 4.78 is 14.3. The van der Waals surface area contributed by atoms with Gasteiger partial charge in [0.25, 0.3) is 0 Å². The lowest BCUT2D eigenvalue weighted by Gasteiger charge is -2.23. The average Bonchev–Trinajstić information content (AvgIpc) is 3.06. The third-order valence-corrected chi connectivity index (χ3v) is 5.21. The van der Waals surface area contributed by atoms with Crippen LogP contribution in [0.1, 0.15) is 5.56 Å². The van der Waals surface area contributed by atoms with E-state index in [1.54, 1.807) is 31.5 Å². The minimum atomic E-state index is -0.254. The second-order valence-corrected chi connectivity index (χ2v) is 7.02. The Morgan fingerprint density at radius 1 is 1.03 bits per heavy atom. The van der Waals surface area contributed by atoms with Crippen molar-refractivity contribution in [1.29, 1.82) is 0 Å². The third kappa shape index (κ3) is 2.69. The van der Waals surface area contributed by atoms with Crippen molar-refractivity contribution in [3.63, 3.8) is 0 Å². The normalized spacial score (nSPS) is 12.9. The summed E-state index contributed by atoms with van der Waals surface area (Å²) in [6.45, 7) is 5.90. The van der Waals surface area contributed by atoms with Crippen LogP contribution >= 0.6 is 0 Å². The molecule has 5 nitrogen and oxygen atoms in total. The molecule has 6 heteroatoms. The number of nitrogens with one attached hydrogen (secondary N) is 1. The number of rotatable bonds is 2. The molecular weight excluding hydrogens is 365 g/mol. The molecule has 1 aliphatic heterocycles. The van der Waals surface area contributed by atoms with Crippen molar-refractivity contribution in [2.45, 2.75) is 6.92 Å². The van der Waals surface area contributed by atoms with Gasteiger partial charge in [-0.05, 0) is 48.9 Å². The van der Waals surface area contributed by atoms with Gasteiger partial charge in [0, 0.05) is 22.7 Å². The molecule has 3 heterocycles. The van der Waals surface area contributed by atoms with Gasteiger partial charge in [-0.15, -0.1) is 0 Å². The van der Waals surface area contributed by atoms with Crippen LogP contribution in [0.15, 0.2) is 73.3 Å². The second-order valence-electron chi connectivity index (χ2n) is 7.02. The van der Waals surface area contributed by atoms with Crippen LogP contribution < -0.4 is 16.0 Å². The summed E-state index contributed by atoms with van der Waals surface area (Å²) in [6, 6.07) is 14.8. The molecule has 29 heavy (non-hydrogen) atoms. The summed E-state index contributed by atoms with van der Waals surface area (Å²) in [5.74, 6) is 0.878. The van der Waals surface area contributed by atoms with Gasteiger partial charge in [0.2, 0.25) is 0 Å². The number of hydrogen-bond donors (Lipinski definition) is 2. The van der Waals surface area contributed by atoms with Crippen LogP contribution in [0.25, 0.3) is 22.0 Å². The standard InChI is InChI=1S/C23H18FN5/c1-13-18(24)4-3-5-21(13)29-14(2)28-20-12-26-19-8-6-15(10-17(19)23(20)29)16-7-9-22(25)27-11-16/h3-12,28H,2H2,1H3,(H2,25,27). The summed E-state index contributed by atoms with van der Waals surface area (Å²) in [4.78, 5) is 10.7. The van der Waals surface area contributed by atoms with E-state index in [9.17, 15) is 4.39 Å². The molecule has 5 rings (SSSR count). The van der Waals surface area contributed by atoms with Gasteiger partial charge in [-0.1, -0.05) is 18.7 Å². The van der Waals surface area contributed by atoms with Crippen molar-refractivity contribution in [3.05, 3.63) is 84.7 Å². The summed E-state index contributed by atoms with van der Waals surface area (Å²) in [7, 11) is 0. The molecule has 4 aromatic rings. The second kappa shape index (κ2) is 6.31. The smallest absolute Gasteiger partial charge is 0.128 e. The van der Waals surface area contributed by atoms with E-state index in [1.165, 1.54) is 6.07 Å². The van der Waals surface area contributed by atoms with Crippen LogP contribution in [0.3, 0.4) is 0 Å². The third-order valence-electron chi connectivity index (χ3n) is 5.21. The fourth-order valence-electron chi connectivity index (χ4n) is 3.72. The molecule has 2 aromatic carbocycles. The van der Waals surface area contributed by atoms with E-state index in [0.29, 0.717) is 17.2 Å². The fourth-order valence-corrected chi connectivity index (χ4v) is 3.72. The number of halogens is 1. The van der Waals surface area contributed by atoms with Crippen LogP contribution in [-0.4, -0.2) is 9.97 Å². The first-order valence-electron chi connectivity index (χ1n) is 9.19. The van der Waals surface area contributed by atoms with Gasteiger partial charge >= 0.3 is 0 Å². The molecule has 0 atom stereocenters. The Bertz CT molecular complexity index is 1280. The van der Waals surface area contributed by atoms with Gasteiger partial charge in [0.05, 0.1) is 28.8 Å². The maximum absolute atomic E-state index is 14.3. The summed E-state index contributed by atoms with van der Waals surface area (Å²) in [5.41, 5.74) is 11.5. The Labute approximate surface area is 167 Å². The topological polar surface area (TPSA) is 67.1 Å². The highest BCUT2D eigenvalue weighted by molar-refractivity contribution is 6.06. The van der Waals surface area contributed by atoms with E-state index in [-0.39, 0.29) is 5.82 Å². The highest BCUT2D eigenvalue weighted by Crippen LogP contribution is 2.46. The zero-order valence-electron chi connectivity index (χ0n) is 15.8. The molecule has 0 saturated heterocycles. The van der Waals surface area contributed by atoms with Crippen molar-refractivity contribution in [2.75, 3.05) is 16.0 Å². The highest BCUT2D eigenvalue weighted by Gasteiger charge is 2.28. The zero-order chi connectivity index (χ0) is 20.1. The maximum atomic E-state index is 14.3. The van der Waals surface area contributed by atoms with Gasteiger partial charge in [0.15, 0.2) is 0 Å². The van der Waals surface area contributed by atoms with E-state index in [2.05, 4.69) is 27.9 Å². The number of nitrogens with two attached hydrogens (primary N) is 1. The molecule has 0 bridgehead atoms. The number of nitrogens with zero attached hydrogens (tertiary/aromatic N) is 3. The molecule has 0 unspecified atom stereocenters. The molecule has 0 saturated carbocycles. The van der Waals surface area contributed by atoms with E-state index in [4.69, 9.17) is 5.73 Å². The van der Waals surface area contributed by atoms with Crippen molar-refractivity contribution >= 4 is 33.8 Å². The SMILES string of the molecule is C=C1Nc2cnc3ccc(-c4ccc(N)nc4)cc3c2N1c1cccc(F)c1C. The number of benzene rings is 2. The molecule has 0 radical (unpaired) electrons. The first-order chi connectivity index (χ1) is 14.0. The summed E-state index contributed by atoms with van der Waals surface area (Å²) >= 11 is 0. The molecule has 3 N–H and O–H groups in total. The lowest BCUT2D eigenvalue weighted by atomic mass is 10.0. The van der Waals surface area contributed by atoms with E-state index in [0.717, 1.165) is 39.1 Å². The fraction of sp³-hybridized carbons (Fsp3) is 0.0435. The first-order valence-corrected chi connectivity index (χ1v) is 9.19. The lowest BCUT2D eigenvalue weighted by Crippen LogP contribution is -2.15. The average molecular weight is 383 g/mol. The molecule has 142 valence electrons. The highest BCUT2D eigenvalue weighted by atomic mass is 19.1. The molecule has 0 aliphatic carbocycles. The number of nitrogen functional groups attached to an aromatic ring is 1. The number of fused-ring (bicyclic) bond motifs is 3. The van der Waals surface area contributed by atoms with Gasteiger partial charge in [-0.3, -0.25) is 9.88 Å². The van der Waals surface area contributed by atoms with Crippen molar-refractivity contribution in [3.8, 4) is 11.1 Å². The number of aromatic nitrogens is 2. The first kappa shape index (κ1) is 17.2. The molecule has 1 aliphatic rings. The number of pyridine rings is 2. The van der Waals surface area contributed by atoms with E-state index in [1.807, 2.05) is 29.2 Å². The number of hydrogen-bond acceptors (Lipinski definition) is 5. The van der Waals surface area contributed by atoms with Crippen LogP contribution in [0.5, 0.6) is 0 Å².